The number of thioether (sulfide) groups is 1. The van der Waals surface area contributed by atoms with Gasteiger partial charge in [0, 0.05) is 22.7 Å². The van der Waals surface area contributed by atoms with Gasteiger partial charge in [-0.3, -0.25) is 9.79 Å². The summed E-state index contributed by atoms with van der Waals surface area (Å²) in [5, 5.41) is 1.42. The lowest BCUT2D eigenvalue weighted by molar-refractivity contribution is -0.119. The first-order valence-electron chi connectivity index (χ1n) is 9.20. The lowest BCUT2D eigenvalue weighted by Crippen LogP contribution is -2.49. The number of aliphatic imine (C=N–C) groups is 1. The summed E-state index contributed by atoms with van der Waals surface area (Å²) in [5.41, 5.74) is 3.16. The summed E-state index contributed by atoms with van der Waals surface area (Å²) in [6.07, 6.45) is 9.21. The Balaban J connectivity index is 2.20. The molecule has 2 nitrogen and oxygen atoms in total. The number of carbonyl (C=O) groups excluding carboxylic acids is 1. The molecule has 0 aromatic rings. The summed E-state index contributed by atoms with van der Waals surface area (Å²) >= 11 is 1.84. The van der Waals surface area contributed by atoms with E-state index in [0.717, 1.165) is 35.5 Å². The number of nitrogens with zero attached hydrogens (tertiary/aromatic N) is 1. The van der Waals surface area contributed by atoms with E-state index in [1.54, 1.807) is 6.08 Å². The molecular formula is C22H29NOS. The van der Waals surface area contributed by atoms with Crippen LogP contribution in [0.1, 0.15) is 53.4 Å². The molecule has 0 fully saturated rings. The van der Waals surface area contributed by atoms with Gasteiger partial charge < -0.3 is 0 Å². The minimum atomic E-state index is -0.308. The summed E-state index contributed by atoms with van der Waals surface area (Å²) in [4.78, 5) is 18.2. The van der Waals surface area contributed by atoms with Crippen LogP contribution < -0.4 is 0 Å². The van der Waals surface area contributed by atoms with E-state index in [1.807, 2.05) is 23.9 Å². The topological polar surface area (TPSA) is 29.4 Å². The third-order valence-corrected chi connectivity index (χ3v) is 7.33. The van der Waals surface area contributed by atoms with Crippen molar-refractivity contribution in [2.75, 3.05) is 0 Å². The van der Waals surface area contributed by atoms with E-state index in [0.29, 0.717) is 12.2 Å². The third-order valence-electron chi connectivity index (χ3n) is 5.91. The molecule has 25 heavy (non-hydrogen) atoms. The van der Waals surface area contributed by atoms with E-state index in [1.165, 1.54) is 5.57 Å². The first-order chi connectivity index (χ1) is 11.7. The molecule has 1 aliphatic heterocycles. The van der Waals surface area contributed by atoms with Crippen molar-refractivity contribution in [3.8, 4) is 0 Å². The minimum Gasteiger partial charge on any atom is -0.294 e. The molecule has 2 aliphatic carbocycles. The van der Waals surface area contributed by atoms with Gasteiger partial charge in [-0.15, -0.1) is 11.8 Å². The minimum absolute atomic E-state index is 0.0467. The summed E-state index contributed by atoms with van der Waals surface area (Å²) in [6, 6.07) is 0.263. The summed E-state index contributed by atoms with van der Waals surface area (Å²) < 4.78 is 0. The molecule has 0 aromatic heterocycles. The smallest absolute Gasteiger partial charge is 0.160 e. The number of ketones is 1. The number of allylic oxidation sites excluding steroid dienone is 5. The lowest BCUT2D eigenvalue weighted by Gasteiger charge is -2.50. The molecular weight excluding hydrogens is 326 g/mol. The van der Waals surface area contributed by atoms with Gasteiger partial charge in [-0.25, -0.2) is 0 Å². The monoisotopic (exact) mass is 355 g/mol. The Labute approximate surface area is 156 Å². The molecule has 3 unspecified atom stereocenters. The molecule has 0 radical (unpaired) electrons. The second-order valence-corrected chi connectivity index (χ2v) is 9.66. The first-order valence-corrected chi connectivity index (χ1v) is 10.1. The van der Waals surface area contributed by atoms with Crippen LogP contribution in [0.3, 0.4) is 0 Å². The Morgan fingerprint density at radius 2 is 2.12 bits per heavy atom. The molecule has 3 rings (SSSR count). The highest BCUT2D eigenvalue weighted by molar-refractivity contribution is 8.14. The Hall–Kier alpha value is -1.35. The van der Waals surface area contributed by atoms with Crippen molar-refractivity contribution in [3.63, 3.8) is 0 Å². The van der Waals surface area contributed by atoms with E-state index in [4.69, 9.17) is 4.99 Å². The van der Waals surface area contributed by atoms with Crippen molar-refractivity contribution in [2.45, 2.75) is 64.7 Å². The van der Waals surface area contributed by atoms with Crippen molar-refractivity contribution in [1.29, 1.82) is 0 Å². The van der Waals surface area contributed by atoms with Crippen LogP contribution in [0.4, 0.5) is 0 Å². The highest BCUT2D eigenvalue weighted by atomic mass is 32.2. The Kier molecular flexibility index (Phi) is 4.74. The van der Waals surface area contributed by atoms with Gasteiger partial charge in [0.25, 0.3) is 0 Å². The average Bonchev–Trinajstić information content (AvgIpc) is 2.89. The van der Waals surface area contributed by atoms with Gasteiger partial charge >= 0.3 is 0 Å². The molecule has 3 aliphatic rings. The van der Waals surface area contributed by atoms with Gasteiger partial charge in [-0.2, -0.15) is 0 Å². The molecule has 0 bridgehead atoms. The number of Topliss-reactive ketones (excluding diaryl/α,β-unsaturated/α-hetero) is 1. The zero-order chi connectivity index (χ0) is 18.4. The number of rotatable bonds is 4. The van der Waals surface area contributed by atoms with Crippen molar-refractivity contribution in [3.05, 3.63) is 48.1 Å². The third kappa shape index (κ3) is 2.91. The molecule has 0 saturated heterocycles. The predicted molar refractivity (Wildman–Crippen MR) is 109 cm³/mol. The molecule has 0 amide bonds. The van der Waals surface area contributed by atoms with Crippen LogP contribution in [0.25, 0.3) is 0 Å². The van der Waals surface area contributed by atoms with Crippen LogP contribution in [-0.4, -0.2) is 22.1 Å². The Morgan fingerprint density at radius 1 is 1.40 bits per heavy atom. The fourth-order valence-electron chi connectivity index (χ4n) is 5.04. The Bertz CT molecular complexity index is 724. The van der Waals surface area contributed by atoms with E-state index < -0.39 is 0 Å². The fraction of sp³-hybridized carbons (Fsp3) is 0.545. The average molecular weight is 356 g/mol. The van der Waals surface area contributed by atoms with Gasteiger partial charge in [0.05, 0.1) is 11.1 Å². The van der Waals surface area contributed by atoms with Crippen LogP contribution in [0.2, 0.25) is 0 Å². The summed E-state index contributed by atoms with van der Waals surface area (Å²) in [6.45, 7) is 16.9. The number of carbonyl (C=O) groups is 1. The molecule has 0 N–H and O–H groups in total. The highest BCUT2D eigenvalue weighted by Gasteiger charge is 2.56. The molecule has 0 aromatic carbocycles. The van der Waals surface area contributed by atoms with Crippen LogP contribution in [0, 0.1) is 10.8 Å². The molecule has 3 atom stereocenters. The van der Waals surface area contributed by atoms with Gasteiger partial charge in [-0.1, -0.05) is 57.7 Å². The number of hydrogen-bond donors (Lipinski definition) is 0. The number of hydrogen-bond acceptors (Lipinski definition) is 3. The second-order valence-electron chi connectivity index (χ2n) is 8.32. The maximum absolute atomic E-state index is 13.3. The van der Waals surface area contributed by atoms with Gasteiger partial charge in [0.1, 0.15) is 0 Å². The predicted octanol–water partition coefficient (Wildman–Crippen LogP) is 5.67. The lowest BCUT2D eigenvalue weighted by atomic mass is 9.56. The molecule has 0 saturated carbocycles. The van der Waals surface area contributed by atoms with Crippen LogP contribution >= 0.6 is 11.8 Å². The van der Waals surface area contributed by atoms with Crippen molar-refractivity contribution >= 4 is 22.6 Å². The van der Waals surface area contributed by atoms with Gasteiger partial charge in [0.15, 0.2) is 5.78 Å². The van der Waals surface area contributed by atoms with Crippen LogP contribution in [0.5, 0.6) is 0 Å². The molecule has 3 heteroatoms. The van der Waals surface area contributed by atoms with Crippen molar-refractivity contribution in [1.82, 2.24) is 0 Å². The van der Waals surface area contributed by atoms with E-state index in [-0.39, 0.29) is 22.1 Å². The van der Waals surface area contributed by atoms with Crippen molar-refractivity contribution in [2.24, 2.45) is 15.8 Å². The zero-order valence-electron chi connectivity index (χ0n) is 15.9. The van der Waals surface area contributed by atoms with E-state index in [2.05, 4.69) is 40.9 Å². The van der Waals surface area contributed by atoms with E-state index >= 15 is 0 Å². The quantitative estimate of drug-likeness (QED) is 0.608. The number of fused-ring (bicyclic) bond motifs is 1. The first kappa shape index (κ1) is 18.4. The standard InChI is InChI=1S/C22H29NOS/c1-7-9-10-14(3)22(8-2)19-16(12-21(5,6)13-18(19)24)11-17-20(22)25-15(4)23-17/h7,9-10,17,20H,1,3,8,11-13H2,2,4-6H3/b10-9-. The zero-order valence-corrected chi connectivity index (χ0v) is 16.7. The van der Waals surface area contributed by atoms with Crippen LogP contribution in [0.15, 0.2) is 53.1 Å². The summed E-state index contributed by atoms with van der Waals surface area (Å²) in [7, 11) is 0. The largest absolute Gasteiger partial charge is 0.294 e. The molecule has 1 heterocycles. The Morgan fingerprint density at radius 3 is 2.76 bits per heavy atom. The second kappa shape index (κ2) is 6.42. The summed E-state index contributed by atoms with van der Waals surface area (Å²) in [5.74, 6) is 0.324. The fourth-order valence-corrected chi connectivity index (χ4v) is 6.55. The maximum Gasteiger partial charge on any atom is 0.160 e. The van der Waals surface area contributed by atoms with Gasteiger partial charge in [0.2, 0.25) is 0 Å². The highest BCUT2D eigenvalue weighted by Crippen LogP contribution is 2.59. The maximum atomic E-state index is 13.3. The van der Waals surface area contributed by atoms with Crippen LogP contribution in [-0.2, 0) is 4.79 Å². The normalized spacial score (nSPS) is 33.9. The van der Waals surface area contributed by atoms with Crippen molar-refractivity contribution < 1.29 is 4.79 Å². The van der Waals surface area contributed by atoms with Gasteiger partial charge in [-0.05, 0) is 37.2 Å². The SMILES string of the molecule is C=C/C=C\C(=C)C1(CC)C2=C(CC3N=C(C)SC31)CC(C)(C)CC2=O. The van der Waals surface area contributed by atoms with E-state index in [9.17, 15) is 4.79 Å². The molecule has 0 spiro atoms. The molecule has 134 valence electrons.